The van der Waals surface area contributed by atoms with E-state index in [0.29, 0.717) is 11.5 Å². The summed E-state index contributed by atoms with van der Waals surface area (Å²) < 4.78 is 10.5. The highest BCUT2D eigenvalue weighted by molar-refractivity contribution is 5.85. The van der Waals surface area contributed by atoms with Crippen molar-refractivity contribution in [3.63, 3.8) is 0 Å². The van der Waals surface area contributed by atoms with E-state index in [0.717, 1.165) is 6.42 Å². The van der Waals surface area contributed by atoms with Crippen LogP contribution < -0.4 is 20.1 Å². The summed E-state index contributed by atoms with van der Waals surface area (Å²) in [6, 6.07) is 7.15. The first-order chi connectivity index (χ1) is 10.1. The smallest absolute Gasteiger partial charge is 0.258 e. The summed E-state index contributed by atoms with van der Waals surface area (Å²) in [7, 11) is 1.53. The van der Waals surface area contributed by atoms with Gasteiger partial charge in [-0.05, 0) is 25.5 Å². The molecule has 6 heteroatoms. The number of carbonyl (C=O) groups is 2. The van der Waals surface area contributed by atoms with E-state index in [1.165, 1.54) is 7.11 Å². The van der Waals surface area contributed by atoms with Gasteiger partial charge in [0.1, 0.15) is 0 Å². The molecule has 0 heterocycles. The lowest BCUT2D eigenvalue weighted by Gasteiger charge is -2.12. The maximum atomic E-state index is 11.6. The Kier molecular flexibility index (Phi) is 7.08. The molecule has 0 aromatic heterocycles. The van der Waals surface area contributed by atoms with Gasteiger partial charge in [0.2, 0.25) is 5.91 Å². The number of para-hydroxylation sites is 2. The molecule has 0 saturated carbocycles. The molecule has 0 spiro atoms. The normalized spacial score (nSPS) is 11.4. The molecule has 2 amide bonds. The number of ether oxygens (including phenoxy) is 2. The molecule has 2 N–H and O–H groups in total. The predicted octanol–water partition coefficient (Wildman–Crippen LogP) is 1.10. The van der Waals surface area contributed by atoms with Gasteiger partial charge in [0, 0.05) is 6.04 Å². The Bertz CT molecular complexity index is 476. The van der Waals surface area contributed by atoms with Crippen molar-refractivity contribution in [1.29, 1.82) is 0 Å². The van der Waals surface area contributed by atoms with Gasteiger partial charge in [-0.3, -0.25) is 9.59 Å². The first-order valence-electron chi connectivity index (χ1n) is 6.88. The van der Waals surface area contributed by atoms with E-state index in [-0.39, 0.29) is 31.0 Å². The quantitative estimate of drug-likeness (QED) is 0.753. The van der Waals surface area contributed by atoms with Crippen molar-refractivity contribution in [2.75, 3.05) is 20.3 Å². The maximum absolute atomic E-state index is 11.6. The summed E-state index contributed by atoms with van der Waals surface area (Å²) in [5.74, 6) is 0.467. The van der Waals surface area contributed by atoms with Crippen LogP contribution in [0.4, 0.5) is 0 Å². The van der Waals surface area contributed by atoms with Crippen molar-refractivity contribution in [2.45, 2.75) is 26.3 Å². The highest BCUT2D eigenvalue weighted by atomic mass is 16.5. The number of amides is 2. The summed E-state index contributed by atoms with van der Waals surface area (Å²) in [6.07, 6.45) is 0.844. The highest BCUT2D eigenvalue weighted by Crippen LogP contribution is 2.25. The molecule has 0 aliphatic heterocycles. The van der Waals surface area contributed by atoms with Gasteiger partial charge in [-0.1, -0.05) is 19.1 Å². The third-order valence-corrected chi connectivity index (χ3v) is 2.89. The van der Waals surface area contributed by atoms with E-state index in [2.05, 4.69) is 10.6 Å². The predicted molar refractivity (Wildman–Crippen MR) is 79.4 cm³/mol. The van der Waals surface area contributed by atoms with Crippen LogP contribution in [0.3, 0.4) is 0 Å². The number of rotatable bonds is 8. The fraction of sp³-hybridized carbons (Fsp3) is 0.467. The Balaban J connectivity index is 2.33. The van der Waals surface area contributed by atoms with Crippen molar-refractivity contribution in [2.24, 2.45) is 0 Å². The van der Waals surface area contributed by atoms with E-state index in [1.54, 1.807) is 18.2 Å². The van der Waals surface area contributed by atoms with Crippen LogP contribution in [0.25, 0.3) is 0 Å². The van der Waals surface area contributed by atoms with Crippen LogP contribution in [0.5, 0.6) is 11.5 Å². The van der Waals surface area contributed by atoms with Gasteiger partial charge in [0.25, 0.3) is 5.91 Å². The Labute approximate surface area is 124 Å². The minimum atomic E-state index is -0.361. The van der Waals surface area contributed by atoms with Gasteiger partial charge in [-0.15, -0.1) is 0 Å². The molecule has 0 aliphatic carbocycles. The lowest BCUT2D eigenvalue weighted by Crippen LogP contribution is -2.41. The van der Waals surface area contributed by atoms with Crippen LogP contribution in [0.2, 0.25) is 0 Å². The van der Waals surface area contributed by atoms with Crippen molar-refractivity contribution >= 4 is 11.8 Å². The average molecular weight is 294 g/mol. The van der Waals surface area contributed by atoms with Crippen molar-refractivity contribution in [3.05, 3.63) is 24.3 Å². The molecule has 1 rings (SSSR count). The summed E-state index contributed by atoms with van der Waals surface area (Å²) >= 11 is 0. The Morgan fingerprint density at radius 3 is 2.48 bits per heavy atom. The molecule has 0 radical (unpaired) electrons. The summed E-state index contributed by atoms with van der Waals surface area (Å²) in [5, 5.41) is 5.27. The third kappa shape index (κ3) is 6.16. The maximum Gasteiger partial charge on any atom is 0.258 e. The van der Waals surface area contributed by atoms with E-state index >= 15 is 0 Å². The molecule has 1 atom stereocenters. The lowest BCUT2D eigenvalue weighted by molar-refractivity contribution is -0.127. The molecule has 1 unspecified atom stereocenters. The number of nitrogens with one attached hydrogen (secondary N) is 2. The van der Waals surface area contributed by atoms with E-state index in [4.69, 9.17) is 9.47 Å². The van der Waals surface area contributed by atoms with Crippen LogP contribution in [-0.4, -0.2) is 38.1 Å². The number of hydrogen-bond donors (Lipinski definition) is 2. The third-order valence-electron chi connectivity index (χ3n) is 2.89. The fourth-order valence-corrected chi connectivity index (χ4v) is 1.54. The molecule has 1 aromatic rings. The van der Waals surface area contributed by atoms with E-state index in [9.17, 15) is 9.59 Å². The molecular weight excluding hydrogens is 272 g/mol. The van der Waals surface area contributed by atoms with Crippen LogP contribution >= 0.6 is 0 Å². The Morgan fingerprint density at radius 1 is 1.19 bits per heavy atom. The molecule has 0 saturated heterocycles. The number of benzene rings is 1. The van der Waals surface area contributed by atoms with Crippen molar-refractivity contribution in [3.8, 4) is 11.5 Å². The van der Waals surface area contributed by atoms with Gasteiger partial charge in [0.05, 0.1) is 13.7 Å². The zero-order valence-electron chi connectivity index (χ0n) is 12.6. The molecule has 0 fully saturated rings. The Morgan fingerprint density at radius 2 is 1.86 bits per heavy atom. The second-order valence-corrected chi connectivity index (χ2v) is 4.59. The number of methoxy groups -OCH3 is 1. The van der Waals surface area contributed by atoms with Gasteiger partial charge in [0.15, 0.2) is 18.1 Å². The number of hydrogen-bond acceptors (Lipinski definition) is 4. The standard InChI is InChI=1S/C15H22N2O4/c1-4-11(2)17-14(18)9-16-15(19)10-21-13-8-6-5-7-12(13)20-3/h5-8,11H,4,9-10H2,1-3H3,(H,16,19)(H,17,18). The molecule has 0 aliphatic rings. The lowest BCUT2D eigenvalue weighted by atomic mass is 10.2. The SMILES string of the molecule is CCC(C)NC(=O)CNC(=O)COc1ccccc1OC. The second kappa shape index (κ2) is 8.84. The molecule has 116 valence electrons. The minimum Gasteiger partial charge on any atom is -0.493 e. The molecule has 6 nitrogen and oxygen atoms in total. The monoisotopic (exact) mass is 294 g/mol. The largest absolute Gasteiger partial charge is 0.493 e. The van der Waals surface area contributed by atoms with Gasteiger partial charge >= 0.3 is 0 Å². The van der Waals surface area contributed by atoms with Crippen molar-refractivity contribution in [1.82, 2.24) is 10.6 Å². The van der Waals surface area contributed by atoms with E-state index in [1.807, 2.05) is 19.9 Å². The Hall–Kier alpha value is -2.24. The van der Waals surface area contributed by atoms with Crippen LogP contribution in [-0.2, 0) is 9.59 Å². The topological polar surface area (TPSA) is 76.7 Å². The van der Waals surface area contributed by atoms with E-state index < -0.39 is 0 Å². The average Bonchev–Trinajstić information content (AvgIpc) is 2.50. The zero-order valence-corrected chi connectivity index (χ0v) is 12.6. The molecule has 0 bridgehead atoms. The van der Waals surface area contributed by atoms with Gasteiger partial charge in [-0.25, -0.2) is 0 Å². The summed E-state index contributed by atoms with van der Waals surface area (Å²) in [4.78, 5) is 23.1. The van der Waals surface area contributed by atoms with Crippen LogP contribution in [0.1, 0.15) is 20.3 Å². The molecule has 21 heavy (non-hydrogen) atoms. The van der Waals surface area contributed by atoms with Gasteiger partial charge in [-0.2, -0.15) is 0 Å². The summed E-state index contributed by atoms with van der Waals surface area (Å²) in [6.45, 7) is 3.66. The minimum absolute atomic E-state index is 0.0571. The summed E-state index contributed by atoms with van der Waals surface area (Å²) in [5.41, 5.74) is 0. The fourth-order valence-electron chi connectivity index (χ4n) is 1.54. The molecule has 1 aromatic carbocycles. The van der Waals surface area contributed by atoms with Crippen LogP contribution in [0.15, 0.2) is 24.3 Å². The van der Waals surface area contributed by atoms with Crippen LogP contribution in [0, 0.1) is 0 Å². The number of carbonyl (C=O) groups excluding carboxylic acids is 2. The first kappa shape index (κ1) is 16.8. The first-order valence-corrected chi connectivity index (χ1v) is 6.88. The molecular formula is C15H22N2O4. The highest BCUT2D eigenvalue weighted by Gasteiger charge is 2.09. The van der Waals surface area contributed by atoms with Gasteiger partial charge < -0.3 is 20.1 Å². The second-order valence-electron chi connectivity index (χ2n) is 4.59. The zero-order chi connectivity index (χ0) is 15.7. The van der Waals surface area contributed by atoms with Crippen molar-refractivity contribution < 1.29 is 19.1 Å².